The first kappa shape index (κ1) is 23.4. The van der Waals surface area contributed by atoms with E-state index in [2.05, 4.69) is 46.8 Å². The molecule has 0 aromatic heterocycles. The molecule has 0 aliphatic heterocycles. The number of hydrogen-bond acceptors (Lipinski definition) is 2. The Morgan fingerprint density at radius 3 is 2.63 bits per heavy atom. The molecular formula is C28H44O2. The minimum absolute atomic E-state index is 0.252. The lowest BCUT2D eigenvalue weighted by Gasteiger charge is -2.46. The number of benzene rings is 1. The molecular weight excluding hydrogens is 368 g/mol. The number of methoxy groups -OCH3 is 1. The molecule has 5 atom stereocenters. The standard InChI is InChI=1S/C28H44O2/c1-19(2)8-7-9-21(4)25-14-15-26-24(27(29)16-17-28(25,26)5)13-11-22-18-23(30-6)12-10-20(22)3/h10,12,18-19,21,24-26H,7-9,11,13-17H2,1-6H3/t21-,24-,25-,26?,28-/m1/s1. The molecule has 0 bridgehead atoms. The van der Waals surface area contributed by atoms with Gasteiger partial charge >= 0.3 is 0 Å². The molecule has 0 N–H and O–H groups in total. The van der Waals surface area contributed by atoms with Crippen LogP contribution < -0.4 is 4.74 Å². The quantitative estimate of drug-likeness (QED) is 0.422. The zero-order valence-corrected chi connectivity index (χ0v) is 20.3. The molecule has 2 nitrogen and oxygen atoms in total. The highest BCUT2D eigenvalue weighted by Crippen LogP contribution is 2.60. The molecule has 2 aliphatic carbocycles. The summed E-state index contributed by atoms with van der Waals surface area (Å²) in [6.07, 6.45) is 10.5. The first-order chi connectivity index (χ1) is 14.3. The van der Waals surface area contributed by atoms with Crippen LogP contribution in [0.15, 0.2) is 18.2 Å². The molecule has 168 valence electrons. The van der Waals surface area contributed by atoms with Crippen LogP contribution in [0.5, 0.6) is 5.75 Å². The van der Waals surface area contributed by atoms with Crippen LogP contribution in [0, 0.1) is 41.9 Å². The van der Waals surface area contributed by atoms with Crippen molar-refractivity contribution in [2.24, 2.45) is 35.0 Å². The minimum atomic E-state index is 0.252. The normalized spacial score (nSPS) is 29.8. The Kier molecular flexibility index (Phi) is 7.69. The number of aryl methyl sites for hydroxylation is 2. The predicted octanol–water partition coefficient (Wildman–Crippen LogP) is 7.41. The Morgan fingerprint density at radius 2 is 1.93 bits per heavy atom. The zero-order valence-electron chi connectivity index (χ0n) is 20.3. The van der Waals surface area contributed by atoms with Crippen molar-refractivity contribution in [2.75, 3.05) is 7.11 Å². The Hall–Kier alpha value is -1.31. The van der Waals surface area contributed by atoms with Gasteiger partial charge in [0.15, 0.2) is 0 Å². The summed E-state index contributed by atoms with van der Waals surface area (Å²) in [4.78, 5) is 13.0. The van der Waals surface area contributed by atoms with Gasteiger partial charge in [0.2, 0.25) is 0 Å². The third-order valence-electron chi connectivity index (χ3n) is 8.70. The monoisotopic (exact) mass is 412 g/mol. The number of ketones is 1. The van der Waals surface area contributed by atoms with Crippen molar-refractivity contribution in [3.05, 3.63) is 29.3 Å². The van der Waals surface area contributed by atoms with E-state index < -0.39 is 0 Å². The molecule has 1 aromatic rings. The smallest absolute Gasteiger partial charge is 0.136 e. The third-order valence-corrected chi connectivity index (χ3v) is 8.70. The second kappa shape index (κ2) is 9.88. The van der Waals surface area contributed by atoms with Gasteiger partial charge in [0.25, 0.3) is 0 Å². The second-order valence-corrected chi connectivity index (χ2v) is 11.0. The molecule has 2 heteroatoms. The van der Waals surface area contributed by atoms with Crippen molar-refractivity contribution >= 4 is 5.78 Å². The predicted molar refractivity (Wildman–Crippen MR) is 126 cm³/mol. The Bertz CT molecular complexity index is 721. The Balaban J connectivity index is 1.68. The van der Waals surface area contributed by atoms with Crippen LogP contribution in [-0.2, 0) is 11.2 Å². The molecule has 1 aromatic carbocycles. The number of ether oxygens (including phenoxy) is 1. The van der Waals surface area contributed by atoms with Crippen LogP contribution in [0.2, 0.25) is 0 Å². The minimum Gasteiger partial charge on any atom is -0.497 e. The molecule has 0 heterocycles. The summed E-state index contributed by atoms with van der Waals surface area (Å²) in [5, 5.41) is 0. The van der Waals surface area contributed by atoms with Gasteiger partial charge in [-0.15, -0.1) is 0 Å². The molecule has 0 radical (unpaired) electrons. The lowest BCUT2D eigenvalue weighted by Crippen LogP contribution is -2.43. The summed E-state index contributed by atoms with van der Waals surface area (Å²) in [5.41, 5.74) is 3.01. The largest absolute Gasteiger partial charge is 0.497 e. The number of carbonyl (C=O) groups is 1. The maximum Gasteiger partial charge on any atom is 0.136 e. The fourth-order valence-electron chi connectivity index (χ4n) is 6.83. The highest BCUT2D eigenvalue weighted by Gasteiger charge is 2.54. The summed E-state index contributed by atoms with van der Waals surface area (Å²) < 4.78 is 5.43. The van der Waals surface area contributed by atoms with E-state index in [0.29, 0.717) is 17.1 Å². The Labute approximate surface area is 185 Å². The van der Waals surface area contributed by atoms with Crippen LogP contribution in [0.4, 0.5) is 0 Å². The van der Waals surface area contributed by atoms with E-state index >= 15 is 0 Å². The van der Waals surface area contributed by atoms with Crippen molar-refractivity contribution in [1.82, 2.24) is 0 Å². The van der Waals surface area contributed by atoms with Crippen molar-refractivity contribution in [3.63, 3.8) is 0 Å². The van der Waals surface area contributed by atoms with Crippen LogP contribution in [0.25, 0.3) is 0 Å². The maximum atomic E-state index is 13.0. The average molecular weight is 413 g/mol. The van der Waals surface area contributed by atoms with Crippen LogP contribution in [0.3, 0.4) is 0 Å². The van der Waals surface area contributed by atoms with E-state index in [4.69, 9.17) is 4.74 Å². The molecule has 2 fully saturated rings. The molecule has 2 aliphatic rings. The van der Waals surface area contributed by atoms with Gasteiger partial charge in [-0.05, 0) is 91.4 Å². The zero-order chi connectivity index (χ0) is 21.9. The molecule has 0 saturated heterocycles. The molecule has 30 heavy (non-hydrogen) atoms. The number of fused-ring (bicyclic) bond motifs is 1. The molecule has 1 unspecified atom stereocenters. The van der Waals surface area contributed by atoms with E-state index in [1.54, 1.807) is 7.11 Å². The molecule has 0 amide bonds. The van der Waals surface area contributed by atoms with Crippen LogP contribution in [0.1, 0.15) is 90.2 Å². The molecule has 3 rings (SSSR count). The fraction of sp³-hybridized carbons (Fsp3) is 0.750. The topological polar surface area (TPSA) is 26.3 Å². The van der Waals surface area contributed by atoms with Gasteiger partial charge in [-0.25, -0.2) is 0 Å². The lowest BCUT2D eigenvalue weighted by atomic mass is 9.58. The third kappa shape index (κ3) is 4.94. The van der Waals surface area contributed by atoms with Crippen molar-refractivity contribution in [2.45, 2.75) is 92.4 Å². The van der Waals surface area contributed by atoms with Gasteiger partial charge < -0.3 is 4.74 Å². The molecule has 2 saturated carbocycles. The van der Waals surface area contributed by atoms with Crippen LogP contribution in [-0.4, -0.2) is 12.9 Å². The van der Waals surface area contributed by atoms with Crippen LogP contribution >= 0.6 is 0 Å². The van der Waals surface area contributed by atoms with Gasteiger partial charge in [0, 0.05) is 12.3 Å². The van der Waals surface area contributed by atoms with Gasteiger partial charge in [0.05, 0.1) is 7.11 Å². The molecule has 0 spiro atoms. The second-order valence-electron chi connectivity index (χ2n) is 11.0. The summed E-state index contributed by atoms with van der Waals surface area (Å²) in [6, 6.07) is 6.34. The number of hydrogen-bond donors (Lipinski definition) is 0. The van der Waals surface area contributed by atoms with E-state index in [9.17, 15) is 4.79 Å². The summed E-state index contributed by atoms with van der Waals surface area (Å²) >= 11 is 0. The first-order valence-corrected chi connectivity index (χ1v) is 12.4. The van der Waals surface area contributed by atoms with Crippen molar-refractivity contribution in [3.8, 4) is 5.75 Å². The summed E-state index contributed by atoms with van der Waals surface area (Å²) in [7, 11) is 1.73. The lowest BCUT2D eigenvalue weighted by molar-refractivity contribution is -0.132. The highest BCUT2D eigenvalue weighted by molar-refractivity contribution is 5.82. The average Bonchev–Trinajstić information content (AvgIpc) is 3.05. The van der Waals surface area contributed by atoms with E-state index in [1.807, 2.05) is 6.07 Å². The first-order valence-electron chi connectivity index (χ1n) is 12.4. The van der Waals surface area contributed by atoms with Gasteiger partial charge in [-0.3, -0.25) is 4.79 Å². The van der Waals surface area contributed by atoms with Crippen molar-refractivity contribution < 1.29 is 9.53 Å². The van der Waals surface area contributed by atoms with Gasteiger partial charge in [0.1, 0.15) is 11.5 Å². The van der Waals surface area contributed by atoms with E-state index in [1.165, 1.54) is 43.2 Å². The SMILES string of the molecule is COc1ccc(C)c(CC[C@H]2C(=O)CC[C@@]3(C)C2CC[C@@H]3[C@H](C)CCCC(C)C)c1. The number of carbonyl (C=O) groups excluding carboxylic acids is 1. The Morgan fingerprint density at radius 1 is 1.17 bits per heavy atom. The van der Waals surface area contributed by atoms with Gasteiger partial charge in [-0.2, -0.15) is 0 Å². The number of rotatable bonds is 9. The summed E-state index contributed by atoms with van der Waals surface area (Å²) in [6.45, 7) is 11.9. The van der Waals surface area contributed by atoms with E-state index in [-0.39, 0.29) is 5.92 Å². The van der Waals surface area contributed by atoms with Crippen molar-refractivity contribution in [1.29, 1.82) is 0 Å². The maximum absolute atomic E-state index is 13.0. The van der Waals surface area contributed by atoms with E-state index in [0.717, 1.165) is 49.2 Å². The number of Topliss-reactive ketones (excluding diaryl/α,β-unsaturated/α-hetero) is 1. The highest BCUT2D eigenvalue weighted by atomic mass is 16.5. The van der Waals surface area contributed by atoms with Gasteiger partial charge in [-0.1, -0.05) is 53.0 Å². The fourth-order valence-corrected chi connectivity index (χ4v) is 6.83. The summed E-state index contributed by atoms with van der Waals surface area (Å²) in [5.74, 6) is 4.68.